The first-order valence-electron chi connectivity index (χ1n) is 5.62. The van der Waals surface area contributed by atoms with Gasteiger partial charge in [-0.25, -0.2) is 4.39 Å². The molecule has 1 nitrogen and oxygen atoms in total. The summed E-state index contributed by atoms with van der Waals surface area (Å²) in [6.07, 6.45) is 4.64. The zero-order valence-corrected chi connectivity index (χ0v) is 9.84. The molecule has 0 saturated heterocycles. The van der Waals surface area contributed by atoms with Crippen LogP contribution in [0.1, 0.15) is 25.7 Å². The summed E-state index contributed by atoms with van der Waals surface area (Å²) in [6.45, 7) is 0. The summed E-state index contributed by atoms with van der Waals surface area (Å²) in [6, 6.07) is 9.01. The average Bonchev–Trinajstić information content (AvgIpc) is 2.81. The topological polar surface area (TPSA) is 23.8 Å². The fourth-order valence-corrected chi connectivity index (χ4v) is 3.29. The van der Waals surface area contributed by atoms with Crippen molar-refractivity contribution in [2.75, 3.05) is 0 Å². The Morgan fingerprint density at radius 2 is 2.00 bits per heavy atom. The first kappa shape index (κ1) is 11.5. The fraction of sp³-hybridized carbons (Fsp3) is 0.462. The van der Waals surface area contributed by atoms with E-state index < -0.39 is 0 Å². The van der Waals surface area contributed by atoms with Gasteiger partial charge in [-0.15, -0.1) is 11.8 Å². The van der Waals surface area contributed by atoms with Crippen LogP contribution in [-0.4, -0.2) is 5.25 Å². The van der Waals surface area contributed by atoms with E-state index in [0.29, 0.717) is 10.8 Å². The van der Waals surface area contributed by atoms with Gasteiger partial charge in [0.25, 0.3) is 0 Å². The summed E-state index contributed by atoms with van der Waals surface area (Å²) in [4.78, 5) is 0.598. The van der Waals surface area contributed by atoms with Crippen LogP contribution in [-0.2, 0) is 0 Å². The summed E-state index contributed by atoms with van der Waals surface area (Å²) in [5.74, 6) is 0.223. The van der Waals surface area contributed by atoms with Gasteiger partial charge in [-0.1, -0.05) is 25.0 Å². The largest absolute Gasteiger partial charge is 0.206 e. The van der Waals surface area contributed by atoms with Gasteiger partial charge in [-0.3, -0.25) is 0 Å². The Balaban J connectivity index is 2.07. The Labute approximate surface area is 99.7 Å². The van der Waals surface area contributed by atoms with E-state index in [9.17, 15) is 4.39 Å². The number of nitriles is 1. The molecular weight excluding hydrogens is 221 g/mol. The predicted molar refractivity (Wildman–Crippen MR) is 63.6 cm³/mol. The maximum absolute atomic E-state index is 13.4. The van der Waals surface area contributed by atoms with Gasteiger partial charge < -0.3 is 0 Å². The Kier molecular flexibility index (Phi) is 3.84. The molecule has 1 fully saturated rings. The number of benzene rings is 1. The smallest absolute Gasteiger partial charge is 0.136 e. The van der Waals surface area contributed by atoms with Gasteiger partial charge in [0.1, 0.15) is 5.82 Å². The highest BCUT2D eigenvalue weighted by Gasteiger charge is 2.26. The third kappa shape index (κ3) is 2.56. The van der Waals surface area contributed by atoms with Crippen molar-refractivity contribution in [2.45, 2.75) is 35.8 Å². The predicted octanol–water partition coefficient (Wildman–Crippen LogP) is 4.00. The summed E-state index contributed by atoms with van der Waals surface area (Å²) in [5, 5.41) is 9.05. The second-order valence-electron chi connectivity index (χ2n) is 4.14. The maximum Gasteiger partial charge on any atom is 0.136 e. The second-order valence-corrected chi connectivity index (χ2v) is 5.33. The standard InChI is InChI=1S/C13H14FNS/c14-11-7-3-4-8-12(11)16-13(9-15)10-5-1-2-6-10/h3-4,7-8,10,13H,1-2,5-6H2. The van der Waals surface area contributed by atoms with Crippen LogP contribution >= 0.6 is 11.8 Å². The molecule has 0 heterocycles. The van der Waals surface area contributed by atoms with Crippen molar-refractivity contribution in [3.05, 3.63) is 30.1 Å². The normalized spacial score (nSPS) is 18.2. The molecule has 1 saturated carbocycles. The van der Waals surface area contributed by atoms with E-state index >= 15 is 0 Å². The molecular formula is C13H14FNS. The Morgan fingerprint density at radius 1 is 1.31 bits per heavy atom. The number of nitrogens with zero attached hydrogens (tertiary/aromatic N) is 1. The summed E-state index contributed by atoms with van der Waals surface area (Å²) >= 11 is 1.38. The van der Waals surface area contributed by atoms with Crippen molar-refractivity contribution in [2.24, 2.45) is 5.92 Å². The molecule has 0 aromatic heterocycles. The molecule has 1 aliphatic carbocycles. The minimum atomic E-state index is -0.217. The van der Waals surface area contributed by atoms with E-state index in [1.807, 2.05) is 6.07 Å². The zero-order valence-electron chi connectivity index (χ0n) is 9.03. The Hall–Kier alpha value is -1.01. The van der Waals surface area contributed by atoms with Crippen LogP contribution in [0.3, 0.4) is 0 Å². The molecule has 1 aliphatic rings. The third-order valence-corrected chi connectivity index (χ3v) is 4.38. The molecule has 1 aromatic carbocycles. The highest BCUT2D eigenvalue weighted by atomic mass is 32.2. The van der Waals surface area contributed by atoms with Crippen LogP contribution in [0.4, 0.5) is 4.39 Å². The van der Waals surface area contributed by atoms with Crippen LogP contribution < -0.4 is 0 Å². The van der Waals surface area contributed by atoms with E-state index in [4.69, 9.17) is 5.26 Å². The molecule has 0 bridgehead atoms. The lowest BCUT2D eigenvalue weighted by Crippen LogP contribution is -2.11. The van der Waals surface area contributed by atoms with Crippen molar-refractivity contribution in [3.63, 3.8) is 0 Å². The maximum atomic E-state index is 13.4. The lowest BCUT2D eigenvalue weighted by atomic mass is 10.1. The quantitative estimate of drug-likeness (QED) is 0.739. The highest BCUT2D eigenvalue weighted by molar-refractivity contribution is 8.00. The number of thioether (sulfide) groups is 1. The number of rotatable bonds is 3. The van der Waals surface area contributed by atoms with Crippen LogP contribution in [0, 0.1) is 23.1 Å². The van der Waals surface area contributed by atoms with Gasteiger partial charge in [0.05, 0.1) is 11.3 Å². The second kappa shape index (κ2) is 5.36. The monoisotopic (exact) mass is 235 g/mol. The van der Waals surface area contributed by atoms with Crippen LogP contribution in [0.2, 0.25) is 0 Å². The number of hydrogen-bond acceptors (Lipinski definition) is 2. The van der Waals surface area contributed by atoms with Gasteiger partial charge in [-0.2, -0.15) is 5.26 Å². The molecule has 0 aliphatic heterocycles. The zero-order chi connectivity index (χ0) is 11.4. The van der Waals surface area contributed by atoms with E-state index in [1.54, 1.807) is 12.1 Å². The van der Waals surface area contributed by atoms with Crippen molar-refractivity contribution in [1.29, 1.82) is 5.26 Å². The van der Waals surface area contributed by atoms with Gasteiger partial charge in [0, 0.05) is 4.90 Å². The van der Waals surface area contributed by atoms with Crippen molar-refractivity contribution in [1.82, 2.24) is 0 Å². The third-order valence-electron chi connectivity index (χ3n) is 3.05. The molecule has 1 atom stereocenters. The minimum absolute atomic E-state index is 0.0978. The summed E-state index contributed by atoms with van der Waals surface area (Å²) < 4.78 is 13.4. The first-order valence-corrected chi connectivity index (χ1v) is 6.50. The van der Waals surface area contributed by atoms with Crippen LogP contribution in [0.25, 0.3) is 0 Å². The van der Waals surface area contributed by atoms with Crippen molar-refractivity contribution >= 4 is 11.8 Å². The SMILES string of the molecule is N#CC(Sc1ccccc1F)C1CCCC1. The lowest BCUT2D eigenvalue weighted by molar-refractivity contribution is 0.571. The molecule has 3 heteroatoms. The molecule has 84 valence electrons. The van der Waals surface area contributed by atoms with Gasteiger partial charge in [0.15, 0.2) is 0 Å². The highest BCUT2D eigenvalue weighted by Crippen LogP contribution is 2.37. The van der Waals surface area contributed by atoms with E-state index in [2.05, 4.69) is 6.07 Å². The first-order chi connectivity index (χ1) is 7.81. The number of halogens is 1. The van der Waals surface area contributed by atoms with Gasteiger partial charge in [-0.05, 0) is 30.9 Å². The van der Waals surface area contributed by atoms with E-state index in [-0.39, 0.29) is 11.1 Å². The molecule has 2 rings (SSSR count). The molecule has 0 amide bonds. The van der Waals surface area contributed by atoms with Crippen molar-refractivity contribution < 1.29 is 4.39 Å². The van der Waals surface area contributed by atoms with Crippen LogP contribution in [0.5, 0.6) is 0 Å². The summed E-state index contributed by atoms with van der Waals surface area (Å²) in [5.41, 5.74) is 0. The number of hydrogen-bond donors (Lipinski definition) is 0. The molecule has 1 aromatic rings. The molecule has 0 N–H and O–H groups in total. The van der Waals surface area contributed by atoms with Crippen LogP contribution in [0.15, 0.2) is 29.2 Å². The Bertz CT molecular complexity index is 393. The minimum Gasteiger partial charge on any atom is -0.206 e. The molecule has 1 unspecified atom stereocenters. The van der Waals surface area contributed by atoms with Gasteiger partial charge >= 0.3 is 0 Å². The summed E-state index contributed by atoms with van der Waals surface area (Å²) in [7, 11) is 0. The molecule has 16 heavy (non-hydrogen) atoms. The Morgan fingerprint density at radius 3 is 2.62 bits per heavy atom. The lowest BCUT2D eigenvalue weighted by Gasteiger charge is -2.15. The van der Waals surface area contributed by atoms with E-state index in [1.165, 1.54) is 30.7 Å². The van der Waals surface area contributed by atoms with Gasteiger partial charge in [0.2, 0.25) is 0 Å². The van der Waals surface area contributed by atoms with E-state index in [0.717, 1.165) is 12.8 Å². The van der Waals surface area contributed by atoms with Crippen molar-refractivity contribution in [3.8, 4) is 6.07 Å². The molecule has 0 radical (unpaired) electrons. The molecule has 0 spiro atoms. The average molecular weight is 235 g/mol. The fourth-order valence-electron chi connectivity index (χ4n) is 2.17.